The molecular weight excluding hydrogens is 230 g/mol. The van der Waals surface area contributed by atoms with Crippen LogP contribution in [-0.4, -0.2) is 75.8 Å². The highest BCUT2D eigenvalue weighted by molar-refractivity contribution is 5.72. The third kappa shape index (κ3) is 60.5. The molecule has 0 rings (SSSR count). The summed E-state index contributed by atoms with van der Waals surface area (Å²) in [6, 6.07) is 0. The van der Waals surface area contributed by atoms with Crippen molar-refractivity contribution < 1.29 is 9.59 Å². The van der Waals surface area contributed by atoms with Gasteiger partial charge in [0, 0.05) is 42.0 Å². The molecule has 5 heteroatoms. The molecule has 0 aliphatic heterocycles. The SMILES string of the molecule is CC.CC(=O)N(C)C.CC(=O)N(C)C.CN(C)C. The Morgan fingerprint density at radius 3 is 0.667 bits per heavy atom. The smallest absolute Gasteiger partial charge is 0.218 e. The molecule has 0 aromatic rings. The number of carbonyl (C=O) groups is 2. The molecule has 0 saturated heterocycles. The van der Waals surface area contributed by atoms with Crippen LogP contribution in [0.25, 0.3) is 0 Å². The predicted octanol–water partition coefficient (Wildman–Crippen LogP) is 1.39. The third-order valence-electron chi connectivity index (χ3n) is 1.26. The van der Waals surface area contributed by atoms with Crippen molar-refractivity contribution >= 4 is 11.8 Å². The monoisotopic (exact) mass is 263 g/mol. The van der Waals surface area contributed by atoms with Crippen LogP contribution in [0.3, 0.4) is 0 Å². The molecule has 0 unspecified atom stereocenters. The zero-order chi connectivity index (χ0) is 15.9. The summed E-state index contributed by atoms with van der Waals surface area (Å²) >= 11 is 0. The van der Waals surface area contributed by atoms with Crippen molar-refractivity contribution in [3.8, 4) is 0 Å². The van der Waals surface area contributed by atoms with Gasteiger partial charge in [0.15, 0.2) is 0 Å². The molecule has 0 bridgehead atoms. The summed E-state index contributed by atoms with van der Waals surface area (Å²) in [5, 5.41) is 0. The van der Waals surface area contributed by atoms with Crippen LogP contribution in [0.4, 0.5) is 0 Å². The molecule has 5 nitrogen and oxygen atoms in total. The highest BCUT2D eigenvalue weighted by Crippen LogP contribution is 1.70. The summed E-state index contributed by atoms with van der Waals surface area (Å²) in [5.74, 6) is 0.185. The van der Waals surface area contributed by atoms with Crippen LogP contribution in [0, 0.1) is 0 Å². The molecule has 2 amide bonds. The Kier molecular flexibility index (Phi) is 26.1. The van der Waals surface area contributed by atoms with Gasteiger partial charge in [-0.1, -0.05) is 13.8 Å². The molecule has 0 atom stereocenters. The maximum atomic E-state index is 10.1. The van der Waals surface area contributed by atoms with Gasteiger partial charge in [0.2, 0.25) is 11.8 Å². The Labute approximate surface area is 114 Å². The molecule has 0 aromatic carbocycles. The minimum absolute atomic E-state index is 0.0926. The molecule has 0 saturated carbocycles. The fourth-order valence-electron chi connectivity index (χ4n) is 0. The van der Waals surface area contributed by atoms with Crippen molar-refractivity contribution in [1.29, 1.82) is 0 Å². The first kappa shape index (κ1) is 25.7. The Balaban J connectivity index is -0.0000000777. The topological polar surface area (TPSA) is 43.9 Å². The van der Waals surface area contributed by atoms with Crippen molar-refractivity contribution in [2.24, 2.45) is 0 Å². The van der Waals surface area contributed by atoms with Crippen molar-refractivity contribution in [1.82, 2.24) is 14.7 Å². The van der Waals surface area contributed by atoms with Gasteiger partial charge in [0.25, 0.3) is 0 Å². The second kappa shape index (κ2) is 18.3. The van der Waals surface area contributed by atoms with E-state index in [0.717, 1.165) is 0 Å². The first-order valence-corrected chi connectivity index (χ1v) is 5.99. The summed E-state index contributed by atoms with van der Waals surface area (Å²) in [4.78, 5) is 25.2. The lowest BCUT2D eigenvalue weighted by molar-refractivity contribution is -0.127. The van der Waals surface area contributed by atoms with Crippen molar-refractivity contribution in [2.75, 3.05) is 49.3 Å². The molecule has 112 valence electrons. The average molecular weight is 263 g/mol. The molecule has 0 aliphatic carbocycles. The summed E-state index contributed by atoms with van der Waals surface area (Å²) in [7, 11) is 12.9. The minimum Gasteiger partial charge on any atom is -0.349 e. The van der Waals surface area contributed by atoms with E-state index in [4.69, 9.17) is 0 Å². The van der Waals surface area contributed by atoms with E-state index in [-0.39, 0.29) is 11.8 Å². The van der Waals surface area contributed by atoms with Crippen LogP contribution in [0.5, 0.6) is 0 Å². The van der Waals surface area contributed by atoms with Crippen LogP contribution in [-0.2, 0) is 9.59 Å². The molecule has 0 radical (unpaired) electrons. The fraction of sp³-hybridized carbons (Fsp3) is 0.846. The average Bonchev–Trinajstić information content (AvgIpc) is 2.20. The molecule has 0 heterocycles. The van der Waals surface area contributed by atoms with Gasteiger partial charge in [-0.15, -0.1) is 0 Å². The van der Waals surface area contributed by atoms with Crippen LogP contribution in [0.15, 0.2) is 0 Å². The summed E-state index contributed by atoms with van der Waals surface area (Å²) in [6.45, 7) is 7.06. The van der Waals surface area contributed by atoms with Crippen LogP contribution in [0.1, 0.15) is 27.7 Å². The Bertz CT molecular complexity index is 170. The zero-order valence-corrected chi connectivity index (χ0v) is 14.2. The highest BCUT2D eigenvalue weighted by Gasteiger charge is 1.88. The van der Waals surface area contributed by atoms with E-state index >= 15 is 0 Å². The number of hydrogen-bond donors (Lipinski definition) is 0. The van der Waals surface area contributed by atoms with E-state index in [9.17, 15) is 9.59 Å². The maximum Gasteiger partial charge on any atom is 0.218 e. The van der Waals surface area contributed by atoms with E-state index < -0.39 is 0 Å². The van der Waals surface area contributed by atoms with Crippen LogP contribution < -0.4 is 0 Å². The van der Waals surface area contributed by atoms with Crippen molar-refractivity contribution in [2.45, 2.75) is 27.7 Å². The van der Waals surface area contributed by atoms with Gasteiger partial charge in [0.05, 0.1) is 0 Å². The lowest BCUT2D eigenvalue weighted by Crippen LogP contribution is -2.17. The van der Waals surface area contributed by atoms with Gasteiger partial charge in [-0.3, -0.25) is 9.59 Å². The molecule has 0 spiro atoms. The van der Waals surface area contributed by atoms with Gasteiger partial charge >= 0.3 is 0 Å². The highest BCUT2D eigenvalue weighted by atomic mass is 16.2. The van der Waals surface area contributed by atoms with E-state index in [1.165, 1.54) is 23.6 Å². The van der Waals surface area contributed by atoms with Crippen molar-refractivity contribution in [3.63, 3.8) is 0 Å². The van der Waals surface area contributed by atoms with Crippen LogP contribution >= 0.6 is 0 Å². The van der Waals surface area contributed by atoms with Gasteiger partial charge in [0.1, 0.15) is 0 Å². The molecule has 0 fully saturated rings. The van der Waals surface area contributed by atoms with E-state index in [1.807, 2.05) is 39.9 Å². The Hall–Kier alpha value is -1.10. The summed E-state index contributed by atoms with van der Waals surface area (Å²) < 4.78 is 0. The Morgan fingerprint density at radius 2 is 0.667 bits per heavy atom. The number of carbonyl (C=O) groups excluding carboxylic acids is 2. The van der Waals surface area contributed by atoms with Crippen LogP contribution in [0.2, 0.25) is 0 Å². The lowest BCUT2D eigenvalue weighted by atomic mass is 10.7. The normalized spacial score (nSPS) is 7.56. The number of nitrogens with zero attached hydrogens (tertiary/aromatic N) is 3. The lowest BCUT2D eigenvalue weighted by Gasteiger charge is -2.02. The van der Waals surface area contributed by atoms with Gasteiger partial charge < -0.3 is 14.7 Å². The number of amides is 2. The molecular formula is C13H33N3O2. The zero-order valence-electron chi connectivity index (χ0n) is 14.2. The van der Waals surface area contributed by atoms with Gasteiger partial charge in [-0.05, 0) is 21.1 Å². The van der Waals surface area contributed by atoms with E-state index in [0.29, 0.717) is 0 Å². The second-order valence-corrected chi connectivity index (χ2v) is 4.17. The standard InChI is InChI=1S/2C4H9NO.C3H9N.C2H6/c2*1-4(6)5(2)3;1-4(2)3;1-2/h2*1-3H3;1-3H3;1-2H3. The van der Waals surface area contributed by atoms with Gasteiger partial charge in [-0.2, -0.15) is 0 Å². The first-order chi connectivity index (χ1) is 8.02. The summed E-state index contributed by atoms with van der Waals surface area (Å²) in [5.41, 5.74) is 0. The summed E-state index contributed by atoms with van der Waals surface area (Å²) in [6.07, 6.45) is 0. The van der Waals surface area contributed by atoms with Crippen molar-refractivity contribution in [3.05, 3.63) is 0 Å². The van der Waals surface area contributed by atoms with Gasteiger partial charge in [-0.25, -0.2) is 0 Å². The number of hydrogen-bond acceptors (Lipinski definition) is 3. The van der Waals surface area contributed by atoms with E-state index in [2.05, 4.69) is 0 Å². The third-order valence-corrected chi connectivity index (χ3v) is 1.26. The first-order valence-electron chi connectivity index (χ1n) is 5.99. The molecule has 0 aliphatic rings. The molecule has 18 heavy (non-hydrogen) atoms. The minimum atomic E-state index is 0.0926. The maximum absolute atomic E-state index is 10.1. The van der Waals surface area contributed by atoms with E-state index in [1.54, 1.807) is 28.2 Å². The fourth-order valence-corrected chi connectivity index (χ4v) is 0. The predicted molar refractivity (Wildman–Crippen MR) is 79.7 cm³/mol. The Morgan fingerprint density at radius 1 is 0.611 bits per heavy atom. The molecule has 0 aromatic heterocycles. The quantitative estimate of drug-likeness (QED) is 0.663. The largest absolute Gasteiger partial charge is 0.349 e. The second-order valence-electron chi connectivity index (χ2n) is 4.17. The number of rotatable bonds is 0. The molecule has 0 N–H and O–H groups in total.